The van der Waals surface area contributed by atoms with E-state index in [2.05, 4.69) is 43.1 Å². The smallest absolute Gasteiger partial charge is 0.176 e. The number of anilines is 1. The van der Waals surface area contributed by atoms with Crippen molar-refractivity contribution >= 4 is 11.5 Å². The molecule has 1 aliphatic heterocycles. The predicted molar refractivity (Wildman–Crippen MR) is 84.6 cm³/mol. The molecular formula is C17H26N2O. The number of carbonyl (C=O) groups is 1. The third-order valence-electron chi connectivity index (χ3n) is 3.80. The fraction of sp³-hybridized carbons (Fsp3) is 0.588. The van der Waals surface area contributed by atoms with Crippen LogP contribution in [0.4, 0.5) is 5.69 Å². The first-order chi connectivity index (χ1) is 9.63. The van der Waals surface area contributed by atoms with Crippen molar-refractivity contribution in [1.82, 2.24) is 4.90 Å². The fourth-order valence-corrected chi connectivity index (χ4v) is 2.92. The maximum absolute atomic E-state index is 12.4. The monoisotopic (exact) mass is 274 g/mol. The minimum absolute atomic E-state index is 0.245. The summed E-state index contributed by atoms with van der Waals surface area (Å²) in [5, 5.41) is 3.42. The number of benzene rings is 1. The summed E-state index contributed by atoms with van der Waals surface area (Å²) < 4.78 is 0. The SMILES string of the molecule is CCCN(CCC)CC(=O)c1ccc2c(c1)CC(C)N2. The Labute approximate surface area is 122 Å². The third-order valence-corrected chi connectivity index (χ3v) is 3.80. The molecule has 1 aromatic rings. The van der Waals surface area contributed by atoms with Gasteiger partial charge >= 0.3 is 0 Å². The van der Waals surface area contributed by atoms with Gasteiger partial charge in [0.25, 0.3) is 0 Å². The first kappa shape index (κ1) is 15.0. The van der Waals surface area contributed by atoms with E-state index < -0.39 is 0 Å². The molecule has 1 unspecified atom stereocenters. The highest BCUT2D eigenvalue weighted by atomic mass is 16.1. The molecule has 3 heteroatoms. The first-order valence-electron chi connectivity index (χ1n) is 7.79. The van der Waals surface area contributed by atoms with E-state index in [1.165, 1.54) is 11.3 Å². The van der Waals surface area contributed by atoms with E-state index in [0.717, 1.165) is 37.9 Å². The molecule has 0 radical (unpaired) electrons. The zero-order chi connectivity index (χ0) is 14.5. The Morgan fingerprint density at radius 1 is 1.30 bits per heavy atom. The Morgan fingerprint density at radius 2 is 2.00 bits per heavy atom. The van der Waals surface area contributed by atoms with Gasteiger partial charge in [0.05, 0.1) is 6.54 Å². The summed E-state index contributed by atoms with van der Waals surface area (Å²) in [6, 6.07) is 6.56. The highest BCUT2D eigenvalue weighted by Crippen LogP contribution is 2.26. The Bertz CT molecular complexity index is 464. The summed E-state index contributed by atoms with van der Waals surface area (Å²) in [6.07, 6.45) is 3.21. The molecule has 3 nitrogen and oxygen atoms in total. The van der Waals surface area contributed by atoms with Crippen LogP contribution >= 0.6 is 0 Å². The number of nitrogens with zero attached hydrogens (tertiary/aromatic N) is 1. The quantitative estimate of drug-likeness (QED) is 0.774. The molecule has 0 spiro atoms. The average Bonchev–Trinajstić information content (AvgIpc) is 2.78. The van der Waals surface area contributed by atoms with Gasteiger partial charge in [-0.05, 0) is 63.0 Å². The van der Waals surface area contributed by atoms with Crippen molar-refractivity contribution in [3.05, 3.63) is 29.3 Å². The van der Waals surface area contributed by atoms with Crippen LogP contribution < -0.4 is 5.32 Å². The second-order valence-electron chi connectivity index (χ2n) is 5.82. The highest BCUT2D eigenvalue weighted by molar-refractivity contribution is 5.98. The van der Waals surface area contributed by atoms with Crippen molar-refractivity contribution in [3.8, 4) is 0 Å². The van der Waals surface area contributed by atoms with Crippen molar-refractivity contribution in [2.45, 2.75) is 46.1 Å². The van der Waals surface area contributed by atoms with Crippen LogP contribution in [0.5, 0.6) is 0 Å². The van der Waals surface area contributed by atoms with E-state index in [1.54, 1.807) is 0 Å². The second-order valence-corrected chi connectivity index (χ2v) is 5.82. The number of Topliss-reactive ketones (excluding diaryl/α,β-unsaturated/α-hetero) is 1. The van der Waals surface area contributed by atoms with Crippen LogP contribution in [-0.4, -0.2) is 36.4 Å². The van der Waals surface area contributed by atoms with Crippen LogP contribution in [0.1, 0.15) is 49.5 Å². The second kappa shape index (κ2) is 6.89. The van der Waals surface area contributed by atoms with Crippen LogP contribution in [0, 0.1) is 0 Å². The summed E-state index contributed by atoms with van der Waals surface area (Å²) in [5.41, 5.74) is 3.32. The van der Waals surface area contributed by atoms with Crippen molar-refractivity contribution in [2.75, 3.05) is 25.0 Å². The first-order valence-corrected chi connectivity index (χ1v) is 7.79. The Morgan fingerprint density at radius 3 is 2.65 bits per heavy atom. The van der Waals surface area contributed by atoms with Gasteiger partial charge < -0.3 is 5.32 Å². The standard InChI is InChI=1S/C17H26N2O/c1-4-8-19(9-5-2)12-17(20)14-6-7-16-15(11-14)10-13(3)18-16/h6-7,11,13,18H,4-5,8-10,12H2,1-3H3. The number of nitrogens with one attached hydrogen (secondary N) is 1. The fourth-order valence-electron chi connectivity index (χ4n) is 2.92. The van der Waals surface area contributed by atoms with E-state index in [-0.39, 0.29) is 5.78 Å². The zero-order valence-corrected chi connectivity index (χ0v) is 12.9. The molecule has 1 heterocycles. The summed E-state index contributed by atoms with van der Waals surface area (Å²) in [4.78, 5) is 14.7. The van der Waals surface area contributed by atoms with Gasteiger partial charge in [0, 0.05) is 17.3 Å². The molecule has 0 saturated carbocycles. The number of hydrogen-bond donors (Lipinski definition) is 1. The van der Waals surface area contributed by atoms with Gasteiger partial charge in [-0.25, -0.2) is 0 Å². The normalized spacial score (nSPS) is 17.1. The molecule has 0 aromatic heterocycles. The molecule has 1 N–H and O–H groups in total. The van der Waals surface area contributed by atoms with Gasteiger partial charge in [-0.1, -0.05) is 13.8 Å². The minimum Gasteiger partial charge on any atom is -0.382 e. The molecule has 1 atom stereocenters. The van der Waals surface area contributed by atoms with Crippen LogP contribution in [0.2, 0.25) is 0 Å². The van der Waals surface area contributed by atoms with Crippen molar-refractivity contribution in [3.63, 3.8) is 0 Å². The van der Waals surface area contributed by atoms with E-state index in [9.17, 15) is 4.79 Å². The largest absolute Gasteiger partial charge is 0.382 e. The number of carbonyl (C=O) groups excluding carboxylic acids is 1. The highest BCUT2D eigenvalue weighted by Gasteiger charge is 2.19. The molecule has 0 saturated heterocycles. The molecule has 0 amide bonds. The van der Waals surface area contributed by atoms with Gasteiger partial charge in [-0.2, -0.15) is 0 Å². The van der Waals surface area contributed by atoms with Crippen LogP contribution in [0.3, 0.4) is 0 Å². The van der Waals surface area contributed by atoms with Crippen LogP contribution in [0.25, 0.3) is 0 Å². The molecule has 110 valence electrons. The Kier molecular flexibility index (Phi) is 5.18. The lowest BCUT2D eigenvalue weighted by atomic mass is 10.0. The molecule has 0 fully saturated rings. The summed E-state index contributed by atoms with van der Waals surface area (Å²) in [5.74, 6) is 0.245. The average molecular weight is 274 g/mol. The Hall–Kier alpha value is -1.35. The maximum atomic E-state index is 12.4. The lowest BCUT2D eigenvalue weighted by Gasteiger charge is -2.20. The molecular weight excluding hydrogens is 248 g/mol. The predicted octanol–water partition coefficient (Wildman–Crippen LogP) is 3.35. The van der Waals surface area contributed by atoms with Gasteiger partial charge in [-0.15, -0.1) is 0 Å². The van der Waals surface area contributed by atoms with E-state index >= 15 is 0 Å². The molecule has 0 aliphatic carbocycles. The summed E-state index contributed by atoms with van der Waals surface area (Å²) >= 11 is 0. The van der Waals surface area contributed by atoms with Crippen LogP contribution in [0.15, 0.2) is 18.2 Å². The van der Waals surface area contributed by atoms with Gasteiger partial charge in [0.2, 0.25) is 0 Å². The number of ketones is 1. The van der Waals surface area contributed by atoms with E-state index in [1.807, 2.05) is 6.07 Å². The molecule has 2 rings (SSSR count). The molecule has 20 heavy (non-hydrogen) atoms. The van der Waals surface area contributed by atoms with Crippen molar-refractivity contribution in [2.24, 2.45) is 0 Å². The number of hydrogen-bond acceptors (Lipinski definition) is 3. The maximum Gasteiger partial charge on any atom is 0.176 e. The number of fused-ring (bicyclic) bond motifs is 1. The minimum atomic E-state index is 0.245. The van der Waals surface area contributed by atoms with Crippen LogP contribution in [-0.2, 0) is 6.42 Å². The zero-order valence-electron chi connectivity index (χ0n) is 12.9. The number of rotatable bonds is 7. The van der Waals surface area contributed by atoms with E-state index in [4.69, 9.17) is 0 Å². The lowest BCUT2D eigenvalue weighted by molar-refractivity contribution is 0.0930. The molecule has 1 aliphatic rings. The summed E-state index contributed by atoms with van der Waals surface area (Å²) in [7, 11) is 0. The Balaban J connectivity index is 2.04. The topological polar surface area (TPSA) is 32.3 Å². The van der Waals surface area contributed by atoms with Crippen molar-refractivity contribution < 1.29 is 4.79 Å². The molecule has 0 bridgehead atoms. The van der Waals surface area contributed by atoms with Gasteiger partial charge in [0.15, 0.2) is 5.78 Å². The molecule has 1 aromatic carbocycles. The third kappa shape index (κ3) is 3.60. The summed E-state index contributed by atoms with van der Waals surface area (Å²) in [6.45, 7) is 9.05. The van der Waals surface area contributed by atoms with Gasteiger partial charge in [-0.3, -0.25) is 9.69 Å². The lowest BCUT2D eigenvalue weighted by Crippen LogP contribution is -2.31. The van der Waals surface area contributed by atoms with E-state index in [0.29, 0.717) is 12.6 Å². The van der Waals surface area contributed by atoms with Crippen molar-refractivity contribution in [1.29, 1.82) is 0 Å². The van der Waals surface area contributed by atoms with Gasteiger partial charge in [0.1, 0.15) is 0 Å².